The van der Waals surface area contributed by atoms with Crippen molar-refractivity contribution in [1.82, 2.24) is 0 Å². The van der Waals surface area contributed by atoms with Gasteiger partial charge in [-0.05, 0) is 17.7 Å². The summed E-state index contributed by atoms with van der Waals surface area (Å²) in [6.07, 6.45) is 2.32. The number of anilines is 1. The lowest BCUT2D eigenvalue weighted by molar-refractivity contribution is -0.255. The molecule has 0 N–H and O–H groups in total. The topological polar surface area (TPSA) is 77.5 Å². The van der Waals surface area contributed by atoms with E-state index < -0.39 is 17.8 Å². The molecule has 1 aliphatic rings. The first-order valence-corrected chi connectivity index (χ1v) is 4.47. The zero-order chi connectivity index (χ0) is 11.7. The van der Waals surface area contributed by atoms with Gasteiger partial charge < -0.3 is 9.90 Å². The van der Waals surface area contributed by atoms with Crippen LogP contribution in [0.3, 0.4) is 0 Å². The highest BCUT2D eigenvalue weighted by Gasteiger charge is 2.24. The largest absolute Gasteiger partial charge is 0.545 e. The van der Waals surface area contributed by atoms with Crippen LogP contribution in [-0.4, -0.2) is 17.8 Å². The predicted molar refractivity (Wildman–Crippen MR) is 52.4 cm³/mol. The molecule has 1 aromatic rings. The molecule has 0 aromatic heterocycles. The molecular formula is C11H6NO4-. The van der Waals surface area contributed by atoms with Gasteiger partial charge in [0.05, 0.1) is 11.7 Å². The second-order valence-corrected chi connectivity index (χ2v) is 3.18. The molecule has 2 amide bonds. The first-order chi connectivity index (χ1) is 7.59. The van der Waals surface area contributed by atoms with Crippen LogP contribution in [0.15, 0.2) is 36.4 Å². The van der Waals surface area contributed by atoms with Crippen molar-refractivity contribution in [3.8, 4) is 0 Å². The summed E-state index contributed by atoms with van der Waals surface area (Å²) in [4.78, 5) is 34.0. The Hall–Kier alpha value is -2.43. The van der Waals surface area contributed by atoms with E-state index in [1.165, 1.54) is 24.3 Å². The molecule has 5 nitrogen and oxygen atoms in total. The van der Waals surface area contributed by atoms with E-state index in [1.807, 2.05) is 0 Å². The van der Waals surface area contributed by atoms with Crippen molar-refractivity contribution in [1.29, 1.82) is 0 Å². The summed E-state index contributed by atoms with van der Waals surface area (Å²) in [6.45, 7) is 0. The van der Waals surface area contributed by atoms with Crippen LogP contribution in [0, 0.1) is 0 Å². The number of carboxylic acids is 1. The number of benzene rings is 1. The van der Waals surface area contributed by atoms with Gasteiger partial charge in [-0.25, -0.2) is 4.90 Å². The molecule has 16 heavy (non-hydrogen) atoms. The molecule has 0 aliphatic carbocycles. The number of carbonyl (C=O) groups is 3. The third kappa shape index (κ3) is 1.58. The van der Waals surface area contributed by atoms with Gasteiger partial charge in [0.25, 0.3) is 11.8 Å². The van der Waals surface area contributed by atoms with Crippen LogP contribution >= 0.6 is 0 Å². The lowest BCUT2D eigenvalue weighted by Crippen LogP contribution is -2.29. The minimum Gasteiger partial charge on any atom is -0.545 e. The van der Waals surface area contributed by atoms with Gasteiger partial charge in [-0.15, -0.1) is 0 Å². The molecule has 0 unspecified atom stereocenters. The highest BCUT2D eigenvalue weighted by Crippen LogP contribution is 2.19. The SMILES string of the molecule is O=C([O-])c1ccc(N2C(=O)C=CC2=O)cc1. The fourth-order valence-electron chi connectivity index (χ4n) is 1.40. The first kappa shape index (κ1) is 10.1. The Morgan fingerprint density at radius 1 is 1.00 bits per heavy atom. The van der Waals surface area contributed by atoms with Crippen LogP contribution < -0.4 is 10.0 Å². The zero-order valence-electron chi connectivity index (χ0n) is 8.04. The number of amides is 2. The molecule has 0 radical (unpaired) electrons. The molecule has 5 heteroatoms. The molecular weight excluding hydrogens is 210 g/mol. The number of aromatic carboxylic acids is 1. The van der Waals surface area contributed by atoms with E-state index in [0.29, 0.717) is 5.69 Å². The molecule has 0 saturated heterocycles. The number of hydrogen-bond donors (Lipinski definition) is 0. The number of nitrogens with zero attached hydrogens (tertiary/aromatic N) is 1. The lowest BCUT2D eigenvalue weighted by atomic mass is 10.2. The van der Waals surface area contributed by atoms with Gasteiger partial charge in [0.15, 0.2) is 0 Å². The Morgan fingerprint density at radius 2 is 1.50 bits per heavy atom. The smallest absolute Gasteiger partial charge is 0.258 e. The molecule has 80 valence electrons. The van der Waals surface area contributed by atoms with E-state index in [9.17, 15) is 19.5 Å². The maximum absolute atomic E-state index is 11.3. The number of hydrogen-bond acceptors (Lipinski definition) is 4. The summed E-state index contributed by atoms with van der Waals surface area (Å²) in [5.74, 6) is -2.18. The normalized spacial score (nSPS) is 14.6. The number of carbonyl (C=O) groups excluding carboxylic acids is 3. The van der Waals surface area contributed by atoms with Crippen LogP contribution in [0.4, 0.5) is 5.69 Å². The summed E-state index contributed by atoms with van der Waals surface area (Å²) in [7, 11) is 0. The molecule has 0 atom stereocenters. The molecule has 1 aliphatic heterocycles. The van der Waals surface area contributed by atoms with Crippen molar-refractivity contribution in [2.24, 2.45) is 0 Å². The molecule has 2 rings (SSSR count). The van der Waals surface area contributed by atoms with Crippen LogP contribution in [-0.2, 0) is 9.59 Å². The second-order valence-electron chi connectivity index (χ2n) is 3.18. The quantitative estimate of drug-likeness (QED) is 0.623. The summed E-state index contributed by atoms with van der Waals surface area (Å²) < 4.78 is 0. The Balaban J connectivity index is 2.32. The standard InChI is InChI=1S/C11H7NO4/c13-9-5-6-10(14)12(9)8-3-1-7(2-4-8)11(15)16/h1-6H,(H,15,16)/p-1. The van der Waals surface area contributed by atoms with Gasteiger partial charge in [-0.3, -0.25) is 9.59 Å². The lowest BCUT2D eigenvalue weighted by Gasteiger charge is -2.14. The van der Waals surface area contributed by atoms with E-state index in [1.54, 1.807) is 0 Å². The highest BCUT2D eigenvalue weighted by atomic mass is 16.4. The Labute approximate surface area is 90.6 Å². The Bertz CT molecular complexity index is 483. The van der Waals surface area contributed by atoms with E-state index in [4.69, 9.17) is 0 Å². The van der Waals surface area contributed by atoms with Crippen molar-refractivity contribution in [2.45, 2.75) is 0 Å². The van der Waals surface area contributed by atoms with Crippen molar-refractivity contribution in [3.05, 3.63) is 42.0 Å². The summed E-state index contributed by atoms with van der Waals surface area (Å²) in [5.41, 5.74) is 0.334. The summed E-state index contributed by atoms with van der Waals surface area (Å²) >= 11 is 0. The molecule has 0 saturated carbocycles. The van der Waals surface area contributed by atoms with E-state index in [2.05, 4.69) is 0 Å². The van der Waals surface area contributed by atoms with Gasteiger partial charge in [0.1, 0.15) is 0 Å². The monoisotopic (exact) mass is 216 g/mol. The van der Waals surface area contributed by atoms with E-state index in [-0.39, 0.29) is 5.56 Å². The zero-order valence-corrected chi connectivity index (χ0v) is 8.04. The minimum absolute atomic E-state index is 0.00389. The fourth-order valence-corrected chi connectivity index (χ4v) is 1.40. The van der Waals surface area contributed by atoms with Gasteiger partial charge in [-0.1, -0.05) is 12.1 Å². The Kier molecular flexibility index (Phi) is 2.28. The second kappa shape index (κ2) is 3.62. The van der Waals surface area contributed by atoms with Gasteiger partial charge >= 0.3 is 0 Å². The number of carboxylic acid groups (broad SMARTS) is 1. The maximum atomic E-state index is 11.3. The number of rotatable bonds is 2. The van der Waals surface area contributed by atoms with E-state index >= 15 is 0 Å². The van der Waals surface area contributed by atoms with Gasteiger partial charge in [-0.2, -0.15) is 0 Å². The van der Waals surface area contributed by atoms with Crippen molar-refractivity contribution < 1.29 is 19.5 Å². The van der Waals surface area contributed by atoms with Crippen LogP contribution in [0.25, 0.3) is 0 Å². The van der Waals surface area contributed by atoms with Gasteiger partial charge in [0, 0.05) is 12.2 Å². The summed E-state index contributed by atoms with van der Waals surface area (Å²) in [6, 6.07) is 5.33. The minimum atomic E-state index is -1.30. The molecule has 1 heterocycles. The van der Waals surface area contributed by atoms with Crippen molar-refractivity contribution in [3.63, 3.8) is 0 Å². The third-order valence-electron chi connectivity index (χ3n) is 2.17. The van der Waals surface area contributed by atoms with Crippen LogP contribution in [0.5, 0.6) is 0 Å². The summed E-state index contributed by atoms with van der Waals surface area (Å²) in [5, 5.41) is 10.5. The number of imide groups is 1. The first-order valence-electron chi connectivity index (χ1n) is 4.47. The predicted octanol–water partition coefficient (Wildman–Crippen LogP) is -0.521. The third-order valence-corrected chi connectivity index (χ3v) is 2.17. The van der Waals surface area contributed by atoms with E-state index in [0.717, 1.165) is 17.1 Å². The molecule has 0 bridgehead atoms. The van der Waals surface area contributed by atoms with Gasteiger partial charge in [0.2, 0.25) is 0 Å². The Morgan fingerprint density at radius 3 is 1.94 bits per heavy atom. The highest BCUT2D eigenvalue weighted by molar-refractivity contribution is 6.28. The maximum Gasteiger partial charge on any atom is 0.258 e. The van der Waals surface area contributed by atoms with Crippen LogP contribution in [0.2, 0.25) is 0 Å². The molecule has 0 spiro atoms. The molecule has 1 aromatic carbocycles. The van der Waals surface area contributed by atoms with Crippen LogP contribution in [0.1, 0.15) is 10.4 Å². The van der Waals surface area contributed by atoms with Crippen molar-refractivity contribution >= 4 is 23.5 Å². The molecule has 0 fully saturated rings. The average molecular weight is 216 g/mol. The van der Waals surface area contributed by atoms with Crippen molar-refractivity contribution in [2.75, 3.05) is 4.90 Å². The average Bonchev–Trinajstić information content (AvgIpc) is 2.59. The fraction of sp³-hybridized carbons (Fsp3) is 0.